The summed E-state index contributed by atoms with van der Waals surface area (Å²) >= 11 is 5.33. The van der Waals surface area contributed by atoms with Crippen molar-refractivity contribution in [1.82, 2.24) is 0 Å². The lowest BCUT2D eigenvalue weighted by Crippen LogP contribution is -2.39. The van der Waals surface area contributed by atoms with Crippen molar-refractivity contribution in [2.24, 2.45) is 0 Å². The molecule has 0 aromatic carbocycles. The molecule has 1 aliphatic carbocycles. The summed E-state index contributed by atoms with van der Waals surface area (Å²) in [6, 6.07) is 0. The Morgan fingerprint density at radius 2 is 1.90 bits per heavy atom. The molecular formula is C6H8BrIO2. The van der Waals surface area contributed by atoms with E-state index in [0.29, 0.717) is 0 Å². The monoisotopic (exact) mass is 318 g/mol. The summed E-state index contributed by atoms with van der Waals surface area (Å²) in [7, 11) is 0. The largest absolute Gasteiger partial charge is 0.390 e. The van der Waals surface area contributed by atoms with Crippen molar-refractivity contribution in [3.05, 3.63) is 12.2 Å². The molecule has 4 heteroatoms. The fraction of sp³-hybridized carbons (Fsp3) is 0.667. The summed E-state index contributed by atoms with van der Waals surface area (Å²) in [4.78, 5) is -0.223. The molecule has 0 saturated heterocycles. The minimum Gasteiger partial charge on any atom is -0.390 e. The van der Waals surface area contributed by atoms with Gasteiger partial charge in [0.2, 0.25) is 0 Å². The van der Waals surface area contributed by atoms with Gasteiger partial charge in [-0.3, -0.25) is 0 Å². The van der Waals surface area contributed by atoms with E-state index in [0.717, 1.165) is 0 Å². The third-order valence-electron chi connectivity index (χ3n) is 1.47. The van der Waals surface area contributed by atoms with Crippen LogP contribution in [0.4, 0.5) is 0 Å². The topological polar surface area (TPSA) is 40.5 Å². The Hall–Kier alpha value is 0.870. The van der Waals surface area contributed by atoms with Crippen LogP contribution in [0.15, 0.2) is 12.2 Å². The molecule has 0 heterocycles. The Morgan fingerprint density at radius 3 is 2.40 bits per heavy atom. The van der Waals surface area contributed by atoms with Crippen LogP contribution in [0.2, 0.25) is 0 Å². The van der Waals surface area contributed by atoms with E-state index in [4.69, 9.17) is 5.11 Å². The maximum absolute atomic E-state index is 9.35. The maximum Gasteiger partial charge on any atom is 0.0871 e. The second kappa shape index (κ2) is 3.51. The number of hydrogen-bond acceptors (Lipinski definition) is 2. The first kappa shape index (κ1) is 8.96. The van der Waals surface area contributed by atoms with Gasteiger partial charge in [-0.05, 0) is 0 Å². The lowest BCUT2D eigenvalue weighted by Gasteiger charge is -2.27. The van der Waals surface area contributed by atoms with Crippen molar-refractivity contribution in [3.63, 3.8) is 0 Å². The van der Waals surface area contributed by atoms with Crippen molar-refractivity contribution in [1.29, 1.82) is 0 Å². The Bertz CT molecular complexity index is 135. The van der Waals surface area contributed by atoms with Gasteiger partial charge in [-0.25, -0.2) is 0 Å². The van der Waals surface area contributed by atoms with Crippen LogP contribution in [0.5, 0.6) is 0 Å². The van der Waals surface area contributed by atoms with E-state index in [1.165, 1.54) is 0 Å². The fourth-order valence-electron chi connectivity index (χ4n) is 0.818. The molecule has 0 aromatic heterocycles. The molecule has 2 nitrogen and oxygen atoms in total. The molecule has 0 aromatic rings. The Morgan fingerprint density at radius 1 is 1.30 bits per heavy atom. The van der Waals surface area contributed by atoms with Crippen LogP contribution in [-0.4, -0.2) is 31.2 Å². The van der Waals surface area contributed by atoms with Gasteiger partial charge >= 0.3 is 0 Å². The standard InChI is InChI=1S/C6H8BrIO2/c7-5-4(9)2-1-3(8)6(5)10/h1-6,9-10H/t3-,4+,5-,6+/m1/s1. The zero-order valence-corrected chi connectivity index (χ0v) is 8.86. The first-order valence-corrected chi connectivity index (χ1v) is 5.11. The molecule has 0 bridgehead atoms. The predicted octanol–water partition coefficient (Wildman–Crippen LogP) is 0.845. The highest BCUT2D eigenvalue weighted by Crippen LogP contribution is 2.24. The normalized spacial score (nSPS) is 47.6. The van der Waals surface area contributed by atoms with Crippen molar-refractivity contribution < 1.29 is 10.2 Å². The minimum absolute atomic E-state index is 0.102. The average Bonchev–Trinajstić information content (AvgIpc) is 1.93. The molecule has 0 aliphatic heterocycles. The molecule has 0 unspecified atom stereocenters. The van der Waals surface area contributed by atoms with E-state index >= 15 is 0 Å². The van der Waals surface area contributed by atoms with Crippen LogP contribution in [0.25, 0.3) is 0 Å². The summed E-state index contributed by atoms with van der Waals surface area (Å²) in [5.74, 6) is 0. The van der Waals surface area contributed by atoms with Gasteiger partial charge in [0, 0.05) is 0 Å². The molecule has 58 valence electrons. The molecule has 0 fully saturated rings. The average molecular weight is 319 g/mol. The molecule has 0 radical (unpaired) electrons. The number of alkyl halides is 2. The Balaban J connectivity index is 2.69. The molecule has 1 rings (SSSR count). The highest BCUT2D eigenvalue weighted by Gasteiger charge is 2.30. The van der Waals surface area contributed by atoms with Gasteiger partial charge in [-0.1, -0.05) is 50.7 Å². The van der Waals surface area contributed by atoms with Gasteiger partial charge in [-0.15, -0.1) is 0 Å². The minimum atomic E-state index is -0.555. The summed E-state index contributed by atoms with van der Waals surface area (Å²) in [6.45, 7) is 0. The number of hydrogen-bond donors (Lipinski definition) is 2. The van der Waals surface area contributed by atoms with Crippen molar-refractivity contribution in [2.45, 2.75) is 21.0 Å². The van der Waals surface area contributed by atoms with Crippen LogP contribution >= 0.6 is 38.5 Å². The van der Waals surface area contributed by atoms with Crippen molar-refractivity contribution in [3.8, 4) is 0 Å². The molecule has 0 spiro atoms. The van der Waals surface area contributed by atoms with Crippen molar-refractivity contribution in [2.75, 3.05) is 0 Å². The molecule has 1 aliphatic rings. The van der Waals surface area contributed by atoms with Crippen LogP contribution in [0.3, 0.4) is 0 Å². The zero-order valence-electron chi connectivity index (χ0n) is 5.11. The van der Waals surface area contributed by atoms with E-state index in [9.17, 15) is 5.11 Å². The Labute approximate surface area is 81.6 Å². The van der Waals surface area contributed by atoms with Crippen LogP contribution in [0.1, 0.15) is 0 Å². The van der Waals surface area contributed by atoms with Gasteiger partial charge in [0.25, 0.3) is 0 Å². The van der Waals surface area contributed by atoms with Crippen molar-refractivity contribution >= 4 is 38.5 Å². The third kappa shape index (κ3) is 1.72. The molecular weight excluding hydrogens is 311 g/mol. The summed E-state index contributed by atoms with van der Waals surface area (Å²) in [5, 5.41) is 18.5. The summed E-state index contributed by atoms with van der Waals surface area (Å²) < 4.78 is 0.102. The molecule has 10 heavy (non-hydrogen) atoms. The van der Waals surface area contributed by atoms with Crippen LogP contribution in [-0.2, 0) is 0 Å². The van der Waals surface area contributed by atoms with E-state index in [1.807, 2.05) is 6.08 Å². The third-order valence-corrected chi connectivity index (χ3v) is 3.71. The van der Waals surface area contributed by atoms with Gasteiger partial charge in [0.05, 0.1) is 21.0 Å². The maximum atomic E-state index is 9.35. The summed E-state index contributed by atoms with van der Waals surface area (Å²) in [5.41, 5.74) is 0. The van der Waals surface area contributed by atoms with E-state index < -0.39 is 12.2 Å². The fourth-order valence-corrected chi connectivity index (χ4v) is 2.58. The highest BCUT2D eigenvalue weighted by molar-refractivity contribution is 14.1. The van der Waals surface area contributed by atoms with E-state index in [-0.39, 0.29) is 8.75 Å². The lowest BCUT2D eigenvalue weighted by molar-refractivity contribution is 0.114. The number of aliphatic hydroxyl groups is 2. The number of rotatable bonds is 0. The number of halogens is 2. The smallest absolute Gasteiger partial charge is 0.0871 e. The first-order chi connectivity index (χ1) is 4.63. The second-order valence-electron chi connectivity index (χ2n) is 2.25. The highest BCUT2D eigenvalue weighted by atomic mass is 127. The van der Waals surface area contributed by atoms with E-state index in [1.54, 1.807) is 6.08 Å². The predicted molar refractivity (Wildman–Crippen MR) is 51.7 cm³/mol. The molecule has 0 saturated carbocycles. The van der Waals surface area contributed by atoms with Gasteiger partial charge in [0.15, 0.2) is 0 Å². The molecule has 0 amide bonds. The van der Waals surface area contributed by atoms with E-state index in [2.05, 4.69) is 38.5 Å². The SMILES string of the molecule is O[C@@H]1[C@H](Br)[C@@H](O)C=C[C@H]1I. The molecule has 2 N–H and O–H groups in total. The van der Waals surface area contributed by atoms with Gasteiger partial charge < -0.3 is 10.2 Å². The van der Waals surface area contributed by atoms with Crippen LogP contribution in [0, 0.1) is 0 Å². The quantitative estimate of drug-likeness (QED) is 0.395. The van der Waals surface area contributed by atoms with Crippen LogP contribution < -0.4 is 0 Å². The summed E-state index contributed by atoms with van der Waals surface area (Å²) in [6.07, 6.45) is 2.47. The van der Waals surface area contributed by atoms with Gasteiger partial charge in [-0.2, -0.15) is 0 Å². The molecule has 4 atom stereocenters. The number of aliphatic hydroxyl groups excluding tert-OH is 2. The van der Waals surface area contributed by atoms with Gasteiger partial charge in [0.1, 0.15) is 0 Å². The second-order valence-corrected chi connectivity index (χ2v) is 4.75. The lowest BCUT2D eigenvalue weighted by atomic mass is 10.0. The Kier molecular flexibility index (Phi) is 3.15. The first-order valence-electron chi connectivity index (χ1n) is 2.95. The zero-order chi connectivity index (χ0) is 7.72.